The molecular formula is C16H18BrNO. The molecule has 1 unspecified atom stereocenters. The van der Waals surface area contributed by atoms with E-state index in [4.69, 9.17) is 0 Å². The van der Waals surface area contributed by atoms with Crippen molar-refractivity contribution < 1.29 is 4.79 Å². The minimum absolute atomic E-state index is 0.0872. The molecule has 1 N–H and O–H groups in total. The summed E-state index contributed by atoms with van der Waals surface area (Å²) in [5, 5.41) is 6.22. The predicted molar refractivity (Wildman–Crippen MR) is 83.6 cm³/mol. The van der Waals surface area contributed by atoms with Crippen molar-refractivity contribution in [3.63, 3.8) is 0 Å². The number of nitrogens with one attached hydrogen (secondary N) is 1. The van der Waals surface area contributed by atoms with Gasteiger partial charge in [0, 0.05) is 11.9 Å². The molecule has 0 aliphatic heterocycles. The summed E-state index contributed by atoms with van der Waals surface area (Å²) in [5.41, 5.74) is 1.09. The van der Waals surface area contributed by atoms with Gasteiger partial charge in [0.25, 0.3) is 0 Å². The monoisotopic (exact) mass is 319 g/mol. The fraction of sp³-hybridized carbons (Fsp3) is 0.312. The Hall–Kier alpha value is -1.35. The number of benzene rings is 2. The first-order valence-electron chi connectivity index (χ1n) is 6.50. The van der Waals surface area contributed by atoms with Crippen molar-refractivity contribution in [1.29, 1.82) is 0 Å². The van der Waals surface area contributed by atoms with Crippen LogP contribution in [0, 0.1) is 5.92 Å². The number of amides is 1. The molecule has 0 heterocycles. The number of rotatable bonds is 5. The molecule has 0 spiro atoms. The fourth-order valence-corrected chi connectivity index (χ4v) is 2.25. The summed E-state index contributed by atoms with van der Waals surface area (Å²) in [7, 11) is 0. The van der Waals surface area contributed by atoms with Gasteiger partial charge in [0.2, 0.25) is 5.91 Å². The van der Waals surface area contributed by atoms with Crippen LogP contribution in [0.5, 0.6) is 0 Å². The van der Waals surface area contributed by atoms with Crippen molar-refractivity contribution in [1.82, 2.24) is 5.32 Å². The second kappa shape index (κ2) is 6.71. The third-order valence-corrected chi connectivity index (χ3v) is 4.25. The zero-order valence-corrected chi connectivity index (χ0v) is 12.6. The Morgan fingerprint density at radius 3 is 2.74 bits per heavy atom. The Morgan fingerprint density at radius 1 is 1.21 bits per heavy atom. The Bertz CT molecular complexity index is 562. The van der Waals surface area contributed by atoms with E-state index in [0.29, 0.717) is 12.3 Å². The zero-order chi connectivity index (χ0) is 13.7. The van der Waals surface area contributed by atoms with Gasteiger partial charge in [0.05, 0.1) is 6.42 Å². The minimum atomic E-state index is 0.0872. The molecule has 19 heavy (non-hydrogen) atoms. The number of hydrogen-bond acceptors (Lipinski definition) is 1. The van der Waals surface area contributed by atoms with E-state index >= 15 is 0 Å². The lowest BCUT2D eigenvalue weighted by Crippen LogP contribution is -2.30. The highest BCUT2D eigenvalue weighted by Crippen LogP contribution is 2.18. The largest absolute Gasteiger partial charge is 0.356 e. The number of alkyl halides is 1. The van der Waals surface area contributed by atoms with Gasteiger partial charge in [0.15, 0.2) is 0 Å². The van der Waals surface area contributed by atoms with E-state index in [2.05, 4.69) is 46.4 Å². The van der Waals surface area contributed by atoms with Crippen LogP contribution in [0.4, 0.5) is 0 Å². The summed E-state index contributed by atoms with van der Waals surface area (Å²) in [6, 6.07) is 14.3. The Labute approximate surface area is 122 Å². The summed E-state index contributed by atoms with van der Waals surface area (Å²) < 4.78 is 0. The molecule has 100 valence electrons. The van der Waals surface area contributed by atoms with Gasteiger partial charge >= 0.3 is 0 Å². The smallest absolute Gasteiger partial charge is 0.224 e. The van der Waals surface area contributed by atoms with E-state index < -0.39 is 0 Å². The van der Waals surface area contributed by atoms with Crippen LogP contribution >= 0.6 is 15.9 Å². The van der Waals surface area contributed by atoms with Gasteiger partial charge in [-0.3, -0.25) is 4.79 Å². The number of fused-ring (bicyclic) bond motifs is 1. The number of carbonyl (C=O) groups excluding carboxylic acids is 1. The topological polar surface area (TPSA) is 29.1 Å². The lowest BCUT2D eigenvalue weighted by Gasteiger charge is -2.10. The lowest BCUT2D eigenvalue weighted by molar-refractivity contribution is -0.120. The second-order valence-corrected chi connectivity index (χ2v) is 5.53. The van der Waals surface area contributed by atoms with Crippen LogP contribution < -0.4 is 5.32 Å². The van der Waals surface area contributed by atoms with Crippen LogP contribution in [0.2, 0.25) is 0 Å². The molecule has 0 radical (unpaired) electrons. The lowest BCUT2D eigenvalue weighted by atomic mass is 10.0. The van der Waals surface area contributed by atoms with Crippen molar-refractivity contribution in [2.45, 2.75) is 13.3 Å². The molecule has 2 nitrogen and oxygen atoms in total. The quantitative estimate of drug-likeness (QED) is 0.839. The molecule has 2 rings (SSSR count). The summed E-state index contributed by atoms with van der Waals surface area (Å²) >= 11 is 3.41. The van der Waals surface area contributed by atoms with Gasteiger partial charge in [-0.15, -0.1) is 0 Å². The number of carbonyl (C=O) groups is 1. The van der Waals surface area contributed by atoms with Crippen LogP contribution in [0.15, 0.2) is 42.5 Å². The van der Waals surface area contributed by atoms with Gasteiger partial charge in [-0.05, 0) is 22.3 Å². The maximum atomic E-state index is 12.0. The SMILES string of the molecule is CC(CBr)CNC(=O)Cc1cccc2ccccc12. The van der Waals surface area contributed by atoms with Crippen molar-refractivity contribution >= 4 is 32.6 Å². The molecule has 1 amide bonds. The summed E-state index contributed by atoms with van der Waals surface area (Å²) in [6.07, 6.45) is 0.441. The Kier molecular flexibility index (Phi) is 4.97. The third kappa shape index (κ3) is 3.80. The predicted octanol–water partition coefficient (Wildman–Crippen LogP) is 3.53. The van der Waals surface area contributed by atoms with Crippen LogP contribution in [0.25, 0.3) is 10.8 Å². The van der Waals surface area contributed by atoms with Gasteiger partial charge in [-0.2, -0.15) is 0 Å². The van der Waals surface area contributed by atoms with Gasteiger partial charge in [0.1, 0.15) is 0 Å². The summed E-state index contributed by atoms with van der Waals surface area (Å²) in [6.45, 7) is 2.82. The molecule has 0 aliphatic rings. The van der Waals surface area contributed by atoms with Gasteiger partial charge < -0.3 is 5.32 Å². The minimum Gasteiger partial charge on any atom is -0.356 e. The first-order chi connectivity index (χ1) is 9.20. The van der Waals surface area contributed by atoms with Gasteiger partial charge in [-0.25, -0.2) is 0 Å². The molecular weight excluding hydrogens is 302 g/mol. The first kappa shape index (κ1) is 14.1. The van der Waals surface area contributed by atoms with E-state index in [0.717, 1.165) is 22.8 Å². The Morgan fingerprint density at radius 2 is 1.95 bits per heavy atom. The molecule has 2 aromatic rings. The maximum Gasteiger partial charge on any atom is 0.224 e. The molecule has 0 saturated heterocycles. The summed E-state index contributed by atoms with van der Waals surface area (Å²) in [5.74, 6) is 0.542. The number of hydrogen-bond donors (Lipinski definition) is 1. The molecule has 1 atom stereocenters. The van der Waals surface area contributed by atoms with Gasteiger partial charge in [-0.1, -0.05) is 65.3 Å². The highest BCUT2D eigenvalue weighted by atomic mass is 79.9. The van der Waals surface area contributed by atoms with E-state index in [9.17, 15) is 4.79 Å². The van der Waals surface area contributed by atoms with Crippen molar-refractivity contribution in [2.75, 3.05) is 11.9 Å². The number of halogens is 1. The average molecular weight is 320 g/mol. The van der Waals surface area contributed by atoms with Crippen molar-refractivity contribution in [3.8, 4) is 0 Å². The molecule has 0 saturated carbocycles. The third-order valence-electron chi connectivity index (χ3n) is 3.14. The molecule has 0 fully saturated rings. The average Bonchev–Trinajstić information content (AvgIpc) is 2.45. The van der Waals surface area contributed by atoms with Crippen LogP contribution in [-0.2, 0) is 11.2 Å². The zero-order valence-electron chi connectivity index (χ0n) is 11.0. The fourth-order valence-electron chi connectivity index (χ4n) is 2.02. The Balaban J connectivity index is 2.07. The van der Waals surface area contributed by atoms with E-state index in [-0.39, 0.29) is 5.91 Å². The highest BCUT2D eigenvalue weighted by Gasteiger charge is 2.07. The molecule has 2 aromatic carbocycles. The molecule has 0 aromatic heterocycles. The summed E-state index contributed by atoms with van der Waals surface area (Å²) in [4.78, 5) is 12.0. The molecule has 3 heteroatoms. The van der Waals surface area contributed by atoms with Crippen molar-refractivity contribution in [3.05, 3.63) is 48.0 Å². The van der Waals surface area contributed by atoms with Crippen LogP contribution in [0.1, 0.15) is 12.5 Å². The van der Waals surface area contributed by atoms with Crippen LogP contribution in [0.3, 0.4) is 0 Å². The first-order valence-corrected chi connectivity index (χ1v) is 7.62. The van der Waals surface area contributed by atoms with E-state index in [1.54, 1.807) is 0 Å². The van der Waals surface area contributed by atoms with Crippen LogP contribution in [-0.4, -0.2) is 17.8 Å². The second-order valence-electron chi connectivity index (χ2n) is 4.88. The molecule has 0 bridgehead atoms. The standard InChI is InChI=1S/C16H18BrNO/c1-12(10-17)11-18-16(19)9-14-7-4-6-13-5-2-3-8-15(13)14/h2-8,12H,9-11H2,1H3,(H,18,19). The van der Waals surface area contributed by atoms with E-state index in [1.807, 2.05) is 24.3 Å². The maximum absolute atomic E-state index is 12.0. The highest BCUT2D eigenvalue weighted by molar-refractivity contribution is 9.09. The van der Waals surface area contributed by atoms with E-state index in [1.165, 1.54) is 5.39 Å². The van der Waals surface area contributed by atoms with Crippen molar-refractivity contribution in [2.24, 2.45) is 5.92 Å². The molecule has 0 aliphatic carbocycles. The normalized spacial score (nSPS) is 12.3.